The zero-order valence-electron chi connectivity index (χ0n) is 15.5. The number of hydrogen-bond donors (Lipinski definition) is 2. The Bertz CT molecular complexity index is 746. The average Bonchev–Trinajstić information content (AvgIpc) is 2.70. The molecule has 0 bridgehead atoms. The summed E-state index contributed by atoms with van der Waals surface area (Å²) in [5.41, 5.74) is 1.74. The fourth-order valence-electron chi connectivity index (χ4n) is 2.28. The van der Waals surface area contributed by atoms with Crippen molar-refractivity contribution in [3.63, 3.8) is 0 Å². The average molecular weight is 372 g/mol. The maximum absolute atomic E-state index is 12.1. The Labute approximate surface area is 158 Å². The first-order chi connectivity index (χ1) is 13.1. The SMILES string of the molecule is CCOCCOc1ccccc1NCC(=O)Nc1ccc(C(=O)OC)cc1. The smallest absolute Gasteiger partial charge is 0.337 e. The van der Waals surface area contributed by atoms with Crippen LogP contribution in [0.4, 0.5) is 11.4 Å². The van der Waals surface area contributed by atoms with E-state index in [1.165, 1.54) is 7.11 Å². The maximum atomic E-state index is 12.1. The van der Waals surface area contributed by atoms with E-state index in [0.29, 0.717) is 36.8 Å². The number of anilines is 2. The normalized spacial score (nSPS) is 10.1. The summed E-state index contributed by atoms with van der Waals surface area (Å²) in [4.78, 5) is 23.6. The van der Waals surface area contributed by atoms with E-state index < -0.39 is 5.97 Å². The lowest BCUT2D eigenvalue weighted by atomic mass is 10.2. The van der Waals surface area contributed by atoms with Gasteiger partial charge in [0.2, 0.25) is 5.91 Å². The second-order valence-electron chi connectivity index (χ2n) is 5.51. The van der Waals surface area contributed by atoms with Gasteiger partial charge < -0.3 is 24.8 Å². The minimum absolute atomic E-state index is 0.0740. The summed E-state index contributed by atoms with van der Waals surface area (Å²) in [6.07, 6.45) is 0. The number of esters is 1. The minimum atomic E-state index is -0.421. The van der Waals surface area contributed by atoms with Gasteiger partial charge in [-0.2, -0.15) is 0 Å². The van der Waals surface area contributed by atoms with Crippen molar-refractivity contribution in [3.8, 4) is 5.75 Å². The predicted octanol–water partition coefficient (Wildman–Crippen LogP) is 2.94. The summed E-state index contributed by atoms with van der Waals surface area (Å²) in [7, 11) is 1.32. The highest BCUT2D eigenvalue weighted by molar-refractivity contribution is 5.95. The van der Waals surface area contributed by atoms with Crippen molar-refractivity contribution in [2.75, 3.05) is 44.1 Å². The maximum Gasteiger partial charge on any atom is 0.337 e. The molecule has 7 heteroatoms. The first-order valence-corrected chi connectivity index (χ1v) is 8.65. The van der Waals surface area contributed by atoms with Crippen LogP contribution in [0.5, 0.6) is 5.75 Å². The van der Waals surface area contributed by atoms with Gasteiger partial charge in [0.15, 0.2) is 0 Å². The summed E-state index contributed by atoms with van der Waals surface area (Å²) in [5.74, 6) is 0.0212. The van der Waals surface area contributed by atoms with Gasteiger partial charge in [-0.15, -0.1) is 0 Å². The Morgan fingerprint density at radius 2 is 1.74 bits per heavy atom. The molecule has 1 amide bonds. The van der Waals surface area contributed by atoms with E-state index in [2.05, 4.69) is 15.4 Å². The Kier molecular flexibility index (Phi) is 8.12. The van der Waals surface area contributed by atoms with E-state index in [0.717, 1.165) is 5.69 Å². The molecule has 0 radical (unpaired) electrons. The third kappa shape index (κ3) is 6.63. The third-order valence-electron chi connectivity index (χ3n) is 3.61. The van der Waals surface area contributed by atoms with Crippen molar-refractivity contribution in [1.29, 1.82) is 0 Å². The highest BCUT2D eigenvalue weighted by Gasteiger charge is 2.08. The molecule has 0 aliphatic rings. The first kappa shape index (κ1) is 20.3. The van der Waals surface area contributed by atoms with Crippen molar-refractivity contribution in [2.45, 2.75) is 6.92 Å². The largest absolute Gasteiger partial charge is 0.489 e. The molecule has 2 aromatic carbocycles. The number of carbonyl (C=O) groups excluding carboxylic acids is 2. The monoisotopic (exact) mass is 372 g/mol. The molecule has 0 spiro atoms. The molecule has 0 saturated heterocycles. The van der Waals surface area contributed by atoms with E-state index in [1.54, 1.807) is 24.3 Å². The van der Waals surface area contributed by atoms with Gasteiger partial charge in [0, 0.05) is 12.3 Å². The lowest BCUT2D eigenvalue weighted by molar-refractivity contribution is -0.114. The van der Waals surface area contributed by atoms with Gasteiger partial charge in [0.25, 0.3) is 0 Å². The Balaban J connectivity index is 1.85. The lowest BCUT2D eigenvalue weighted by Gasteiger charge is -2.13. The van der Waals surface area contributed by atoms with Crippen molar-refractivity contribution in [3.05, 3.63) is 54.1 Å². The van der Waals surface area contributed by atoms with Crippen LogP contribution in [0.15, 0.2) is 48.5 Å². The molecule has 27 heavy (non-hydrogen) atoms. The quantitative estimate of drug-likeness (QED) is 0.493. The number of methoxy groups -OCH3 is 1. The molecule has 7 nitrogen and oxygen atoms in total. The van der Waals surface area contributed by atoms with Gasteiger partial charge in [-0.25, -0.2) is 4.79 Å². The topological polar surface area (TPSA) is 85.9 Å². The summed E-state index contributed by atoms with van der Waals surface area (Å²) in [5, 5.41) is 5.82. The van der Waals surface area contributed by atoms with Gasteiger partial charge in [-0.1, -0.05) is 12.1 Å². The van der Waals surface area contributed by atoms with Crippen LogP contribution in [0, 0.1) is 0 Å². The van der Waals surface area contributed by atoms with Crippen molar-refractivity contribution >= 4 is 23.3 Å². The van der Waals surface area contributed by atoms with E-state index in [-0.39, 0.29) is 12.5 Å². The number of hydrogen-bond acceptors (Lipinski definition) is 6. The van der Waals surface area contributed by atoms with Crippen molar-refractivity contribution in [1.82, 2.24) is 0 Å². The number of benzene rings is 2. The second-order valence-corrected chi connectivity index (χ2v) is 5.51. The van der Waals surface area contributed by atoms with Crippen molar-refractivity contribution in [2.24, 2.45) is 0 Å². The molecular weight excluding hydrogens is 348 g/mol. The molecule has 0 saturated carbocycles. The molecule has 0 atom stereocenters. The molecule has 0 fully saturated rings. The Hall–Kier alpha value is -3.06. The van der Waals surface area contributed by atoms with Crippen LogP contribution in [0.3, 0.4) is 0 Å². The van der Waals surface area contributed by atoms with E-state index in [9.17, 15) is 9.59 Å². The van der Waals surface area contributed by atoms with Crippen LogP contribution in [0.25, 0.3) is 0 Å². The van der Waals surface area contributed by atoms with E-state index in [4.69, 9.17) is 9.47 Å². The number of amides is 1. The highest BCUT2D eigenvalue weighted by Crippen LogP contribution is 2.23. The zero-order chi connectivity index (χ0) is 19.5. The molecule has 2 N–H and O–H groups in total. The lowest BCUT2D eigenvalue weighted by Crippen LogP contribution is -2.22. The summed E-state index contributed by atoms with van der Waals surface area (Å²) in [6, 6.07) is 13.9. The minimum Gasteiger partial charge on any atom is -0.489 e. The third-order valence-corrected chi connectivity index (χ3v) is 3.61. The van der Waals surface area contributed by atoms with Crippen LogP contribution < -0.4 is 15.4 Å². The van der Waals surface area contributed by atoms with Crippen LogP contribution in [0.1, 0.15) is 17.3 Å². The molecule has 0 aliphatic carbocycles. The van der Waals surface area contributed by atoms with E-state index in [1.807, 2.05) is 31.2 Å². The molecule has 144 valence electrons. The van der Waals surface area contributed by atoms with Crippen molar-refractivity contribution < 1.29 is 23.8 Å². The predicted molar refractivity (Wildman–Crippen MR) is 103 cm³/mol. The van der Waals surface area contributed by atoms with Crippen LogP contribution >= 0.6 is 0 Å². The van der Waals surface area contributed by atoms with Crippen LogP contribution in [-0.4, -0.2) is 45.4 Å². The van der Waals surface area contributed by atoms with Gasteiger partial charge >= 0.3 is 5.97 Å². The fraction of sp³-hybridized carbons (Fsp3) is 0.300. The Morgan fingerprint density at radius 1 is 1.00 bits per heavy atom. The number of rotatable bonds is 10. The Morgan fingerprint density at radius 3 is 2.44 bits per heavy atom. The van der Waals surface area contributed by atoms with Gasteiger partial charge in [0.1, 0.15) is 12.4 Å². The standard InChI is InChI=1S/C20H24N2O5/c1-3-26-12-13-27-18-7-5-4-6-17(18)21-14-19(23)22-16-10-8-15(9-11-16)20(24)25-2/h4-11,21H,3,12-14H2,1-2H3,(H,22,23). The fourth-order valence-corrected chi connectivity index (χ4v) is 2.28. The van der Waals surface area contributed by atoms with Crippen LogP contribution in [-0.2, 0) is 14.3 Å². The van der Waals surface area contributed by atoms with E-state index >= 15 is 0 Å². The number of carbonyl (C=O) groups is 2. The molecule has 2 aromatic rings. The molecule has 0 heterocycles. The molecule has 0 unspecified atom stereocenters. The van der Waals surface area contributed by atoms with Gasteiger partial charge in [-0.3, -0.25) is 4.79 Å². The number of ether oxygens (including phenoxy) is 3. The summed E-state index contributed by atoms with van der Waals surface area (Å²) < 4.78 is 15.6. The van der Waals surface area contributed by atoms with Gasteiger partial charge in [-0.05, 0) is 43.3 Å². The highest BCUT2D eigenvalue weighted by atomic mass is 16.5. The van der Waals surface area contributed by atoms with Gasteiger partial charge in [0.05, 0.1) is 31.5 Å². The molecule has 0 aliphatic heterocycles. The number of nitrogens with one attached hydrogen (secondary N) is 2. The summed E-state index contributed by atoms with van der Waals surface area (Å²) in [6.45, 7) is 3.59. The second kappa shape index (κ2) is 10.8. The number of para-hydroxylation sites is 2. The van der Waals surface area contributed by atoms with Crippen LogP contribution in [0.2, 0.25) is 0 Å². The molecule has 0 aromatic heterocycles. The summed E-state index contributed by atoms with van der Waals surface area (Å²) >= 11 is 0. The molecule has 2 rings (SSSR count). The molecular formula is C20H24N2O5. The first-order valence-electron chi connectivity index (χ1n) is 8.65. The zero-order valence-corrected chi connectivity index (χ0v) is 15.5.